The lowest BCUT2D eigenvalue weighted by Crippen LogP contribution is -2.43. The van der Waals surface area contributed by atoms with Crippen molar-refractivity contribution >= 4 is 38.9 Å². The molecule has 3 N–H and O–H groups in total. The van der Waals surface area contributed by atoms with E-state index in [9.17, 15) is 13.2 Å². The molecule has 10 heteroatoms. The van der Waals surface area contributed by atoms with Crippen LogP contribution < -0.4 is 5.73 Å². The molecule has 22 heavy (non-hydrogen) atoms. The second-order valence-corrected chi connectivity index (χ2v) is 7.04. The van der Waals surface area contributed by atoms with Gasteiger partial charge in [0.2, 0.25) is 0 Å². The molecule has 1 saturated heterocycles. The number of aromatic nitrogens is 1. The van der Waals surface area contributed by atoms with Gasteiger partial charge in [0.15, 0.2) is 27.2 Å². The van der Waals surface area contributed by atoms with Crippen LogP contribution in [0.4, 0.5) is 5.82 Å². The van der Waals surface area contributed by atoms with Gasteiger partial charge >= 0.3 is 5.97 Å². The van der Waals surface area contributed by atoms with Crippen LogP contribution >= 0.6 is 11.6 Å². The zero-order valence-electron chi connectivity index (χ0n) is 11.1. The van der Waals surface area contributed by atoms with Gasteiger partial charge in [0, 0.05) is 12.3 Å². The summed E-state index contributed by atoms with van der Waals surface area (Å²) >= 11 is 5.84. The molecular formula is C12H12ClN3O5S. The van der Waals surface area contributed by atoms with Gasteiger partial charge in [-0.1, -0.05) is 11.6 Å². The second-order valence-electron chi connectivity index (χ2n) is 4.47. The number of ether oxygens (including phenoxy) is 1. The fourth-order valence-electron chi connectivity index (χ4n) is 1.66. The number of pyridine rings is 1. The summed E-state index contributed by atoms with van der Waals surface area (Å²) in [6.45, 7) is 0. The number of sulfone groups is 1. The molecule has 0 unspecified atom stereocenters. The van der Waals surface area contributed by atoms with Crippen LogP contribution in [0, 0.1) is 0 Å². The first-order valence-electron chi connectivity index (χ1n) is 6.03. The van der Waals surface area contributed by atoms with E-state index in [1.54, 1.807) is 6.07 Å². The monoisotopic (exact) mass is 345 g/mol. The van der Waals surface area contributed by atoms with E-state index in [0.29, 0.717) is 0 Å². The lowest BCUT2D eigenvalue weighted by molar-refractivity contribution is -0.129. The van der Waals surface area contributed by atoms with Crippen LogP contribution in [0.25, 0.3) is 0 Å². The van der Waals surface area contributed by atoms with Gasteiger partial charge in [0.1, 0.15) is 6.10 Å². The molecule has 0 aliphatic carbocycles. The molecule has 0 bridgehead atoms. The summed E-state index contributed by atoms with van der Waals surface area (Å²) in [6.07, 6.45) is 1.82. The quantitative estimate of drug-likeness (QED) is 0.586. The van der Waals surface area contributed by atoms with Crippen LogP contribution in [0.1, 0.15) is 0 Å². The third kappa shape index (κ3) is 4.18. The standard InChI is InChI=1S/C12H12ClN3O5S/c13-8-2-1-3-15-11(8)16-9(12(17)18)4-10(14)21-7-5-22(19,20)6-7/h1-4,7H,5-6,14H2,(H,17,18). The van der Waals surface area contributed by atoms with Crippen molar-refractivity contribution in [2.75, 3.05) is 11.5 Å². The fourth-order valence-corrected chi connectivity index (χ4v) is 3.00. The first-order valence-corrected chi connectivity index (χ1v) is 8.23. The summed E-state index contributed by atoms with van der Waals surface area (Å²) in [5, 5.41) is 9.29. The largest absolute Gasteiger partial charge is 0.477 e. The highest BCUT2D eigenvalue weighted by atomic mass is 35.5. The summed E-state index contributed by atoms with van der Waals surface area (Å²) < 4.78 is 27.1. The molecule has 0 radical (unpaired) electrons. The normalized spacial score (nSPS) is 18.6. The van der Waals surface area contributed by atoms with Gasteiger partial charge in [-0.2, -0.15) is 0 Å². The van der Waals surface area contributed by atoms with E-state index in [1.807, 2.05) is 0 Å². The number of carboxylic acids is 1. The summed E-state index contributed by atoms with van der Waals surface area (Å²) in [5.74, 6) is -1.86. The Kier molecular flexibility index (Phi) is 4.67. The Bertz CT molecular complexity index is 748. The maximum atomic E-state index is 11.2. The number of carboxylic acid groups (broad SMARTS) is 1. The highest BCUT2D eigenvalue weighted by Gasteiger charge is 2.35. The summed E-state index contributed by atoms with van der Waals surface area (Å²) in [5.41, 5.74) is 5.12. The number of hydrogen-bond acceptors (Lipinski definition) is 7. The Morgan fingerprint density at radius 1 is 1.55 bits per heavy atom. The Morgan fingerprint density at radius 2 is 2.23 bits per heavy atom. The third-order valence-corrected chi connectivity index (χ3v) is 4.70. The zero-order valence-corrected chi connectivity index (χ0v) is 12.7. The van der Waals surface area contributed by atoms with E-state index < -0.39 is 27.6 Å². The zero-order chi connectivity index (χ0) is 16.3. The molecule has 0 aromatic carbocycles. The van der Waals surface area contributed by atoms with Crippen molar-refractivity contribution in [2.24, 2.45) is 10.7 Å². The Labute approximate surface area is 131 Å². The van der Waals surface area contributed by atoms with Crippen LogP contribution in [0.5, 0.6) is 0 Å². The van der Waals surface area contributed by atoms with E-state index >= 15 is 0 Å². The lowest BCUT2D eigenvalue weighted by atomic mass is 10.3. The summed E-state index contributed by atoms with van der Waals surface area (Å²) in [7, 11) is -3.06. The fraction of sp³-hybridized carbons (Fsp3) is 0.250. The molecule has 1 aliphatic heterocycles. The Morgan fingerprint density at radius 3 is 2.77 bits per heavy atom. The molecule has 2 heterocycles. The van der Waals surface area contributed by atoms with E-state index in [4.69, 9.17) is 27.2 Å². The number of hydrogen-bond donors (Lipinski definition) is 2. The minimum atomic E-state index is -3.06. The van der Waals surface area contributed by atoms with E-state index in [1.165, 1.54) is 12.3 Å². The molecule has 0 atom stereocenters. The van der Waals surface area contributed by atoms with Crippen molar-refractivity contribution in [1.29, 1.82) is 0 Å². The number of aliphatic imine (C=N–C) groups is 1. The maximum absolute atomic E-state index is 11.2. The highest BCUT2D eigenvalue weighted by Crippen LogP contribution is 2.21. The van der Waals surface area contributed by atoms with Crippen LogP contribution in [0.3, 0.4) is 0 Å². The van der Waals surface area contributed by atoms with Gasteiger partial charge in [-0.05, 0) is 12.1 Å². The van der Waals surface area contributed by atoms with Crippen molar-refractivity contribution in [3.05, 3.63) is 35.3 Å². The number of carbonyl (C=O) groups is 1. The molecule has 118 valence electrons. The smallest absolute Gasteiger partial charge is 0.354 e. The number of halogens is 1. The lowest BCUT2D eigenvalue weighted by Gasteiger charge is -2.26. The number of aliphatic carboxylic acids is 1. The molecular weight excluding hydrogens is 334 g/mol. The van der Waals surface area contributed by atoms with Gasteiger partial charge in [-0.3, -0.25) is 0 Å². The molecule has 2 rings (SSSR count). The van der Waals surface area contributed by atoms with Crippen molar-refractivity contribution in [2.45, 2.75) is 6.10 Å². The average molecular weight is 346 g/mol. The minimum absolute atomic E-state index is 0.0249. The minimum Gasteiger partial charge on any atom is -0.477 e. The molecule has 8 nitrogen and oxygen atoms in total. The molecule has 1 aromatic heterocycles. The second kappa shape index (κ2) is 6.32. The van der Waals surface area contributed by atoms with E-state index in [-0.39, 0.29) is 28.2 Å². The van der Waals surface area contributed by atoms with Gasteiger partial charge < -0.3 is 15.6 Å². The molecule has 0 spiro atoms. The van der Waals surface area contributed by atoms with Crippen LogP contribution in [-0.4, -0.2) is 47.8 Å². The van der Waals surface area contributed by atoms with Crippen LogP contribution in [0.2, 0.25) is 5.02 Å². The SMILES string of the molecule is NC(=CC(=Nc1ncccc1Cl)C(=O)O)OC1CS(=O)(=O)C1. The van der Waals surface area contributed by atoms with Crippen LogP contribution in [0.15, 0.2) is 35.3 Å². The van der Waals surface area contributed by atoms with Crippen molar-refractivity contribution in [1.82, 2.24) is 4.98 Å². The predicted octanol–water partition coefficient (Wildman–Crippen LogP) is 0.506. The molecule has 0 amide bonds. The third-order valence-electron chi connectivity index (χ3n) is 2.65. The summed E-state index contributed by atoms with van der Waals surface area (Å²) in [4.78, 5) is 18.8. The number of nitrogens with zero attached hydrogens (tertiary/aromatic N) is 2. The van der Waals surface area contributed by atoms with E-state index in [2.05, 4.69) is 9.98 Å². The van der Waals surface area contributed by atoms with E-state index in [0.717, 1.165) is 6.08 Å². The van der Waals surface area contributed by atoms with Crippen LogP contribution in [-0.2, 0) is 19.4 Å². The maximum Gasteiger partial charge on any atom is 0.354 e. The van der Waals surface area contributed by atoms with Gasteiger partial charge in [-0.25, -0.2) is 23.2 Å². The predicted molar refractivity (Wildman–Crippen MR) is 79.8 cm³/mol. The van der Waals surface area contributed by atoms with Crippen molar-refractivity contribution in [3.63, 3.8) is 0 Å². The van der Waals surface area contributed by atoms with Crippen molar-refractivity contribution < 1.29 is 23.1 Å². The topological polar surface area (TPSA) is 132 Å². The summed E-state index contributed by atoms with van der Waals surface area (Å²) in [6, 6.07) is 3.09. The average Bonchev–Trinajstić information content (AvgIpc) is 2.38. The highest BCUT2D eigenvalue weighted by molar-refractivity contribution is 7.92. The first-order chi connectivity index (χ1) is 10.3. The Hall–Kier alpha value is -2.13. The Balaban J connectivity index is 2.16. The van der Waals surface area contributed by atoms with Gasteiger partial charge in [0.25, 0.3) is 0 Å². The molecule has 0 saturated carbocycles. The van der Waals surface area contributed by atoms with Gasteiger partial charge in [0.05, 0.1) is 16.5 Å². The molecule has 1 fully saturated rings. The first kappa shape index (κ1) is 16.2. The number of rotatable bonds is 5. The molecule has 1 aliphatic rings. The van der Waals surface area contributed by atoms with Gasteiger partial charge in [-0.15, -0.1) is 0 Å². The number of nitrogens with two attached hydrogens (primary N) is 1. The van der Waals surface area contributed by atoms with Crippen molar-refractivity contribution in [3.8, 4) is 0 Å². The molecule has 1 aromatic rings.